The molecule has 0 atom stereocenters. The summed E-state index contributed by atoms with van der Waals surface area (Å²) in [6.45, 7) is 0. The molecule has 0 aliphatic heterocycles. The highest BCUT2D eigenvalue weighted by atomic mass is 32.2. The van der Waals surface area contributed by atoms with Gasteiger partial charge in [0.15, 0.2) is 0 Å². The molecule has 4 aromatic rings. The maximum absolute atomic E-state index is 13.1. The Labute approximate surface area is 181 Å². The van der Waals surface area contributed by atoms with Crippen LogP contribution in [0.5, 0.6) is 0 Å². The molecule has 13 heteroatoms. The molecule has 3 aromatic heterocycles. The van der Waals surface area contributed by atoms with Gasteiger partial charge in [0.25, 0.3) is 10.0 Å². The summed E-state index contributed by atoms with van der Waals surface area (Å²) in [5.74, 6) is 0. The number of nitrogens with one attached hydrogen (secondary N) is 1. The number of hydrogen-bond acceptors (Lipinski definition) is 6. The smallest absolute Gasteiger partial charge is 0.376 e. The number of sulfonamides is 1. The number of aromatic nitrogens is 5. The van der Waals surface area contributed by atoms with Gasteiger partial charge in [-0.25, -0.2) is 13.1 Å². The van der Waals surface area contributed by atoms with Crippen molar-refractivity contribution in [1.29, 1.82) is 0 Å². The second-order valence-electron chi connectivity index (χ2n) is 7.18. The fourth-order valence-electron chi connectivity index (χ4n) is 3.23. The standard InChI is InChI=1S/C19H18F3N7O2S/c1-27(2)15-5-4-12-9-24-28(3)18(12)17(15)26-32(30,31)14-10-25-29(11-14)13-6-7-23-16(8-13)19(20,21)22/h4-11,26H,1-3H3. The van der Waals surface area contributed by atoms with Crippen molar-refractivity contribution in [3.63, 3.8) is 0 Å². The van der Waals surface area contributed by atoms with E-state index in [4.69, 9.17) is 0 Å². The SMILES string of the molecule is CN(C)c1ccc2cnn(C)c2c1NS(=O)(=O)c1cnn(-c2ccnc(C(F)(F)F)c2)c1. The molecule has 0 unspecified atom stereocenters. The highest BCUT2D eigenvalue weighted by molar-refractivity contribution is 7.92. The molecule has 0 amide bonds. The molecule has 0 aliphatic rings. The quantitative estimate of drug-likeness (QED) is 0.487. The summed E-state index contributed by atoms with van der Waals surface area (Å²) in [5.41, 5.74) is 0.434. The first kappa shape index (κ1) is 21.6. The van der Waals surface area contributed by atoms with Crippen LogP contribution in [0.3, 0.4) is 0 Å². The minimum absolute atomic E-state index is 0.0245. The van der Waals surface area contributed by atoms with E-state index in [1.54, 1.807) is 43.0 Å². The lowest BCUT2D eigenvalue weighted by atomic mass is 10.2. The largest absolute Gasteiger partial charge is 0.433 e. The van der Waals surface area contributed by atoms with Gasteiger partial charge in [-0.3, -0.25) is 14.4 Å². The molecular formula is C19H18F3N7O2S. The van der Waals surface area contributed by atoms with Crippen molar-refractivity contribution in [2.24, 2.45) is 7.05 Å². The van der Waals surface area contributed by atoms with Crippen molar-refractivity contribution in [2.75, 3.05) is 23.7 Å². The van der Waals surface area contributed by atoms with Crippen LogP contribution in [0.25, 0.3) is 16.6 Å². The summed E-state index contributed by atoms with van der Waals surface area (Å²) in [6, 6.07) is 5.68. The Hall–Kier alpha value is -3.61. The number of anilines is 2. The van der Waals surface area contributed by atoms with E-state index >= 15 is 0 Å². The van der Waals surface area contributed by atoms with Gasteiger partial charge in [0.2, 0.25) is 0 Å². The fourth-order valence-corrected chi connectivity index (χ4v) is 4.24. The lowest BCUT2D eigenvalue weighted by molar-refractivity contribution is -0.141. The number of halogens is 3. The van der Waals surface area contributed by atoms with Crippen LogP contribution in [0.4, 0.5) is 24.5 Å². The molecule has 3 heterocycles. The van der Waals surface area contributed by atoms with Gasteiger partial charge in [-0.05, 0) is 24.3 Å². The maximum Gasteiger partial charge on any atom is 0.433 e. The second-order valence-corrected chi connectivity index (χ2v) is 8.87. The molecule has 0 saturated carbocycles. The van der Waals surface area contributed by atoms with E-state index in [1.807, 2.05) is 6.07 Å². The molecule has 0 bridgehead atoms. The number of alkyl halides is 3. The van der Waals surface area contributed by atoms with Gasteiger partial charge in [-0.1, -0.05) is 0 Å². The molecule has 32 heavy (non-hydrogen) atoms. The average molecular weight is 465 g/mol. The zero-order valence-corrected chi connectivity index (χ0v) is 18.0. The van der Waals surface area contributed by atoms with Crippen molar-refractivity contribution in [3.05, 3.63) is 54.7 Å². The number of benzene rings is 1. The zero-order chi connectivity index (χ0) is 23.3. The van der Waals surface area contributed by atoms with Gasteiger partial charge in [-0.2, -0.15) is 23.4 Å². The Morgan fingerprint density at radius 3 is 2.53 bits per heavy atom. The van der Waals surface area contributed by atoms with Crippen molar-refractivity contribution < 1.29 is 21.6 Å². The molecule has 1 N–H and O–H groups in total. The molecule has 9 nitrogen and oxygen atoms in total. The number of rotatable bonds is 5. The van der Waals surface area contributed by atoms with E-state index in [0.29, 0.717) is 16.9 Å². The normalized spacial score (nSPS) is 12.3. The van der Waals surface area contributed by atoms with Crippen LogP contribution < -0.4 is 9.62 Å². The summed E-state index contributed by atoms with van der Waals surface area (Å²) in [6.07, 6.45) is 0.167. The lowest BCUT2D eigenvalue weighted by Crippen LogP contribution is -2.18. The molecule has 0 fully saturated rings. The van der Waals surface area contributed by atoms with Crippen LogP contribution in [0.2, 0.25) is 0 Å². The first-order chi connectivity index (χ1) is 15.0. The topological polar surface area (TPSA) is 97.9 Å². The molecule has 1 aromatic carbocycles. The highest BCUT2D eigenvalue weighted by Crippen LogP contribution is 2.34. The summed E-state index contributed by atoms with van der Waals surface area (Å²) >= 11 is 0. The van der Waals surface area contributed by atoms with Gasteiger partial charge >= 0.3 is 6.18 Å². The number of pyridine rings is 1. The van der Waals surface area contributed by atoms with Gasteiger partial charge < -0.3 is 4.90 Å². The Morgan fingerprint density at radius 2 is 1.84 bits per heavy atom. The maximum atomic E-state index is 13.1. The first-order valence-corrected chi connectivity index (χ1v) is 10.7. The summed E-state index contributed by atoms with van der Waals surface area (Å²) in [7, 11) is 1.12. The van der Waals surface area contributed by atoms with E-state index in [-0.39, 0.29) is 10.6 Å². The Morgan fingerprint density at radius 1 is 1.09 bits per heavy atom. The average Bonchev–Trinajstić information content (AvgIpc) is 3.35. The van der Waals surface area contributed by atoms with Crippen LogP contribution in [-0.4, -0.2) is 47.1 Å². The Balaban J connectivity index is 1.74. The first-order valence-electron chi connectivity index (χ1n) is 9.20. The van der Waals surface area contributed by atoms with Crippen LogP contribution in [-0.2, 0) is 23.2 Å². The second kappa shape index (κ2) is 7.51. The summed E-state index contributed by atoms with van der Waals surface area (Å²) in [4.78, 5) is 4.83. The third-order valence-electron chi connectivity index (χ3n) is 4.77. The van der Waals surface area contributed by atoms with Crippen LogP contribution in [0.15, 0.2) is 53.9 Å². The third-order valence-corrected chi connectivity index (χ3v) is 6.07. The lowest BCUT2D eigenvalue weighted by Gasteiger charge is -2.19. The molecular weight excluding hydrogens is 447 g/mol. The van der Waals surface area contributed by atoms with Crippen LogP contribution >= 0.6 is 0 Å². The van der Waals surface area contributed by atoms with Gasteiger partial charge in [-0.15, -0.1) is 0 Å². The minimum atomic E-state index is -4.63. The number of nitrogens with zero attached hydrogens (tertiary/aromatic N) is 6. The van der Waals surface area contributed by atoms with E-state index in [0.717, 1.165) is 34.7 Å². The molecule has 4 rings (SSSR count). The predicted molar refractivity (Wildman–Crippen MR) is 112 cm³/mol. The monoisotopic (exact) mass is 465 g/mol. The minimum Gasteiger partial charge on any atom is -0.376 e. The van der Waals surface area contributed by atoms with Gasteiger partial charge in [0.05, 0.1) is 41.2 Å². The zero-order valence-electron chi connectivity index (χ0n) is 17.2. The summed E-state index contributed by atoms with van der Waals surface area (Å²) in [5, 5.41) is 8.84. The summed E-state index contributed by atoms with van der Waals surface area (Å²) < 4.78 is 70.3. The number of fused-ring (bicyclic) bond motifs is 1. The molecule has 0 spiro atoms. The van der Waals surface area contributed by atoms with Crippen LogP contribution in [0, 0.1) is 0 Å². The van der Waals surface area contributed by atoms with Gasteiger partial charge in [0, 0.05) is 32.7 Å². The van der Waals surface area contributed by atoms with E-state index in [9.17, 15) is 21.6 Å². The van der Waals surface area contributed by atoms with E-state index < -0.39 is 21.9 Å². The van der Waals surface area contributed by atoms with Crippen molar-refractivity contribution in [1.82, 2.24) is 24.5 Å². The predicted octanol–water partition coefficient (Wildman–Crippen LogP) is 3.04. The van der Waals surface area contributed by atoms with Crippen molar-refractivity contribution in [2.45, 2.75) is 11.1 Å². The van der Waals surface area contributed by atoms with Gasteiger partial charge in [0.1, 0.15) is 10.6 Å². The molecule has 0 radical (unpaired) electrons. The Bertz CT molecular complexity index is 1410. The van der Waals surface area contributed by atoms with Crippen LogP contribution in [0.1, 0.15) is 5.69 Å². The number of hydrogen-bond donors (Lipinski definition) is 1. The van der Waals surface area contributed by atoms with E-state index in [1.165, 1.54) is 6.07 Å². The fraction of sp³-hybridized carbons (Fsp3) is 0.211. The molecule has 168 valence electrons. The molecule has 0 saturated heterocycles. The molecule has 0 aliphatic carbocycles. The van der Waals surface area contributed by atoms with E-state index in [2.05, 4.69) is 19.9 Å². The highest BCUT2D eigenvalue weighted by Gasteiger charge is 2.32. The number of aryl methyl sites for hydroxylation is 1. The van der Waals surface area contributed by atoms with Crippen molar-refractivity contribution >= 4 is 32.3 Å². The Kier molecular flexibility index (Phi) is 5.07. The third kappa shape index (κ3) is 3.86. The van der Waals surface area contributed by atoms with Crippen molar-refractivity contribution in [3.8, 4) is 5.69 Å².